The smallest absolute Gasteiger partial charge is 0.374 e. The number of urea groups is 1. The van der Waals surface area contributed by atoms with Gasteiger partial charge in [0, 0.05) is 39.0 Å². The molecular weight excluding hydrogens is 336 g/mol. The van der Waals surface area contributed by atoms with Crippen molar-refractivity contribution in [3.63, 3.8) is 0 Å². The second kappa shape index (κ2) is 13.3. The summed E-state index contributed by atoms with van der Waals surface area (Å²) in [6, 6.07) is 0.614. The monoisotopic (exact) mass is 372 g/mol. The molecule has 0 bridgehead atoms. The van der Waals surface area contributed by atoms with E-state index in [2.05, 4.69) is 16.7 Å². The van der Waals surface area contributed by atoms with E-state index in [1.807, 2.05) is 20.8 Å². The van der Waals surface area contributed by atoms with Gasteiger partial charge in [0.1, 0.15) is 0 Å². The van der Waals surface area contributed by atoms with Crippen LogP contribution in [-0.4, -0.2) is 47.7 Å². The zero-order valence-electron chi connectivity index (χ0n) is 16.2. The molecule has 7 heteroatoms. The molecule has 1 aliphatic carbocycles. The van der Waals surface area contributed by atoms with E-state index in [0.717, 1.165) is 18.9 Å². The number of hydrogen-bond donors (Lipinski definition) is 2. The van der Waals surface area contributed by atoms with Crippen LogP contribution in [0.2, 0.25) is 6.04 Å². The number of carbonyl (C=O) groups is 1. The predicted octanol–water partition coefficient (Wildman–Crippen LogP) is 3.61. The lowest BCUT2D eigenvalue weighted by atomic mass is 9.97. The Hall–Kier alpha value is -0.893. The normalized spacial score (nSPS) is 14.9. The highest BCUT2D eigenvalue weighted by Crippen LogP contribution is 2.19. The van der Waals surface area contributed by atoms with Crippen molar-refractivity contribution in [3.8, 4) is 0 Å². The minimum atomic E-state index is -2.59. The van der Waals surface area contributed by atoms with E-state index in [-0.39, 0.29) is 6.03 Å². The molecule has 0 aromatic rings. The molecule has 0 saturated heterocycles. The van der Waals surface area contributed by atoms with E-state index in [4.69, 9.17) is 13.3 Å². The van der Waals surface area contributed by atoms with Crippen LogP contribution < -0.4 is 10.6 Å². The van der Waals surface area contributed by atoms with Gasteiger partial charge in [0.05, 0.1) is 0 Å². The number of amides is 2. The van der Waals surface area contributed by atoms with Crippen LogP contribution in [0.1, 0.15) is 59.3 Å². The molecule has 0 fully saturated rings. The second-order valence-electron chi connectivity index (χ2n) is 6.13. The first-order chi connectivity index (χ1) is 12.2. The van der Waals surface area contributed by atoms with Crippen molar-refractivity contribution in [2.45, 2.75) is 65.3 Å². The Kier molecular flexibility index (Phi) is 11.8. The Morgan fingerprint density at radius 1 is 1.04 bits per heavy atom. The van der Waals surface area contributed by atoms with Crippen LogP contribution in [0.15, 0.2) is 11.6 Å². The molecule has 0 heterocycles. The van der Waals surface area contributed by atoms with Crippen LogP contribution in [0, 0.1) is 0 Å². The Morgan fingerprint density at radius 2 is 1.68 bits per heavy atom. The van der Waals surface area contributed by atoms with Crippen molar-refractivity contribution in [1.29, 1.82) is 0 Å². The minimum Gasteiger partial charge on any atom is -0.374 e. The summed E-state index contributed by atoms with van der Waals surface area (Å²) >= 11 is 0. The zero-order valence-corrected chi connectivity index (χ0v) is 17.2. The van der Waals surface area contributed by atoms with Crippen molar-refractivity contribution >= 4 is 14.8 Å². The van der Waals surface area contributed by atoms with Gasteiger partial charge in [-0.3, -0.25) is 0 Å². The Bertz CT molecular complexity index is 388. The number of carbonyl (C=O) groups excluding carboxylic acids is 1. The van der Waals surface area contributed by atoms with Gasteiger partial charge in [-0.25, -0.2) is 4.79 Å². The molecule has 25 heavy (non-hydrogen) atoms. The lowest BCUT2D eigenvalue weighted by Gasteiger charge is -2.28. The molecule has 0 unspecified atom stereocenters. The molecule has 1 aliphatic rings. The van der Waals surface area contributed by atoms with Gasteiger partial charge < -0.3 is 23.9 Å². The topological polar surface area (TPSA) is 68.8 Å². The second-order valence-corrected chi connectivity index (χ2v) is 8.86. The molecule has 0 aliphatic heterocycles. The maximum atomic E-state index is 11.9. The summed E-state index contributed by atoms with van der Waals surface area (Å²) in [7, 11) is -2.59. The Labute approximate surface area is 154 Å². The molecular formula is C18H36N2O4Si. The molecule has 0 spiro atoms. The third kappa shape index (κ3) is 9.39. The van der Waals surface area contributed by atoms with E-state index in [9.17, 15) is 4.79 Å². The van der Waals surface area contributed by atoms with Crippen LogP contribution in [-0.2, 0) is 13.3 Å². The Balaban J connectivity index is 2.20. The summed E-state index contributed by atoms with van der Waals surface area (Å²) in [5.74, 6) is 0. The lowest BCUT2D eigenvalue weighted by Crippen LogP contribution is -2.46. The van der Waals surface area contributed by atoms with Crippen LogP contribution in [0.4, 0.5) is 4.79 Å². The molecule has 0 saturated carbocycles. The minimum absolute atomic E-state index is 0.104. The van der Waals surface area contributed by atoms with Crippen LogP contribution in [0.25, 0.3) is 0 Å². The SMILES string of the molecule is CCO[Si](CCCNC(=O)NCCC1=CCCCC1)(OCC)OCC. The largest absolute Gasteiger partial charge is 0.500 e. The summed E-state index contributed by atoms with van der Waals surface area (Å²) in [5, 5.41) is 5.84. The van der Waals surface area contributed by atoms with Gasteiger partial charge in [-0.2, -0.15) is 0 Å². The summed E-state index contributed by atoms with van der Waals surface area (Å²) in [4.78, 5) is 11.9. The van der Waals surface area contributed by atoms with Crippen molar-refractivity contribution in [3.05, 3.63) is 11.6 Å². The van der Waals surface area contributed by atoms with Crippen LogP contribution in [0.5, 0.6) is 0 Å². The molecule has 0 radical (unpaired) electrons. The summed E-state index contributed by atoms with van der Waals surface area (Å²) < 4.78 is 17.4. The van der Waals surface area contributed by atoms with Gasteiger partial charge in [-0.15, -0.1) is 0 Å². The molecule has 2 N–H and O–H groups in total. The van der Waals surface area contributed by atoms with E-state index in [1.165, 1.54) is 31.3 Å². The highest BCUT2D eigenvalue weighted by molar-refractivity contribution is 6.60. The van der Waals surface area contributed by atoms with E-state index in [1.54, 1.807) is 0 Å². The first-order valence-corrected chi connectivity index (χ1v) is 11.7. The van der Waals surface area contributed by atoms with Crippen molar-refractivity contribution in [2.75, 3.05) is 32.9 Å². The lowest BCUT2D eigenvalue weighted by molar-refractivity contribution is 0.0708. The van der Waals surface area contributed by atoms with Crippen molar-refractivity contribution < 1.29 is 18.1 Å². The standard InChI is InChI=1S/C18H36N2O4Si/c1-4-22-25(23-5-2,24-6-3)16-10-14-19-18(21)20-15-13-17-11-8-7-9-12-17/h11H,4-10,12-16H2,1-3H3,(H2,19,20,21). The summed E-state index contributed by atoms with van der Waals surface area (Å²) in [5.41, 5.74) is 1.48. The summed E-state index contributed by atoms with van der Waals surface area (Å²) in [6.07, 6.45) is 9.02. The highest BCUT2D eigenvalue weighted by Gasteiger charge is 2.39. The van der Waals surface area contributed by atoms with E-state index >= 15 is 0 Å². The maximum Gasteiger partial charge on any atom is 0.500 e. The molecule has 0 aromatic carbocycles. The Morgan fingerprint density at radius 3 is 2.24 bits per heavy atom. The highest BCUT2D eigenvalue weighted by atomic mass is 28.4. The molecule has 146 valence electrons. The number of nitrogens with one attached hydrogen (secondary N) is 2. The quantitative estimate of drug-likeness (QED) is 0.294. The van der Waals surface area contributed by atoms with E-state index < -0.39 is 8.80 Å². The third-order valence-electron chi connectivity index (χ3n) is 4.15. The van der Waals surface area contributed by atoms with Crippen molar-refractivity contribution in [2.24, 2.45) is 0 Å². The maximum absolute atomic E-state index is 11.9. The summed E-state index contributed by atoms with van der Waals surface area (Å²) in [6.45, 7) is 8.89. The van der Waals surface area contributed by atoms with Gasteiger partial charge in [-0.05, 0) is 59.3 Å². The zero-order chi connectivity index (χ0) is 18.4. The van der Waals surface area contributed by atoms with Gasteiger partial charge in [0.25, 0.3) is 0 Å². The van der Waals surface area contributed by atoms with Gasteiger partial charge >= 0.3 is 14.8 Å². The fourth-order valence-electron chi connectivity index (χ4n) is 3.04. The molecule has 2 amide bonds. The number of allylic oxidation sites excluding steroid dienone is 1. The van der Waals surface area contributed by atoms with Crippen LogP contribution in [0.3, 0.4) is 0 Å². The van der Waals surface area contributed by atoms with Crippen LogP contribution >= 0.6 is 0 Å². The average Bonchev–Trinajstić information content (AvgIpc) is 2.60. The molecule has 6 nitrogen and oxygen atoms in total. The fourth-order valence-corrected chi connectivity index (χ4v) is 5.65. The molecule has 0 aromatic heterocycles. The fraction of sp³-hybridized carbons (Fsp3) is 0.833. The van der Waals surface area contributed by atoms with Gasteiger partial charge in [0.15, 0.2) is 0 Å². The number of hydrogen-bond acceptors (Lipinski definition) is 4. The van der Waals surface area contributed by atoms with Gasteiger partial charge in [0.2, 0.25) is 0 Å². The third-order valence-corrected chi connectivity index (χ3v) is 7.31. The van der Waals surface area contributed by atoms with Crippen molar-refractivity contribution in [1.82, 2.24) is 10.6 Å². The number of rotatable bonds is 13. The average molecular weight is 373 g/mol. The predicted molar refractivity (Wildman–Crippen MR) is 103 cm³/mol. The first kappa shape index (κ1) is 22.1. The first-order valence-electron chi connectivity index (χ1n) is 9.77. The van der Waals surface area contributed by atoms with Gasteiger partial charge in [-0.1, -0.05) is 11.6 Å². The molecule has 1 rings (SSSR count). The molecule has 0 atom stereocenters. The van der Waals surface area contributed by atoms with E-state index in [0.29, 0.717) is 32.9 Å².